The van der Waals surface area contributed by atoms with Crippen LogP contribution < -0.4 is 5.32 Å². The topological polar surface area (TPSA) is 37.8 Å². The Labute approximate surface area is 107 Å². The predicted octanol–water partition coefficient (Wildman–Crippen LogP) is 3.72. The van der Waals surface area contributed by atoms with Crippen LogP contribution in [0, 0.1) is 0 Å². The molecule has 0 fully saturated rings. The van der Waals surface area contributed by atoms with E-state index in [4.69, 9.17) is 11.6 Å². The Kier molecular flexibility index (Phi) is 3.74. The number of aromatic nitrogens is 2. The molecule has 16 heavy (non-hydrogen) atoms. The SMILES string of the molecule is ClCc1ccccc1Nc1ncncc1Br. The first-order chi connectivity index (χ1) is 7.81. The Morgan fingerprint density at radius 3 is 2.88 bits per heavy atom. The van der Waals surface area contributed by atoms with Crippen LogP contribution >= 0.6 is 27.5 Å². The van der Waals surface area contributed by atoms with Crippen molar-refractivity contribution in [3.63, 3.8) is 0 Å². The summed E-state index contributed by atoms with van der Waals surface area (Å²) >= 11 is 9.23. The second kappa shape index (κ2) is 5.27. The van der Waals surface area contributed by atoms with E-state index in [1.807, 2.05) is 24.3 Å². The molecule has 0 aliphatic carbocycles. The summed E-state index contributed by atoms with van der Waals surface area (Å²) in [7, 11) is 0. The van der Waals surface area contributed by atoms with Gasteiger partial charge in [-0.1, -0.05) is 18.2 Å². The fourth-order valence-corrected chi connectivity index (χ4v) is 1.84. The van der Waals surface area contributed by atoms with Crippen LogP contribution in [-0.4, -0.2) is 9.97 Å². The zero-order valence-corrected chi connectivity index (χ0v) is 10.7. The fourth-order valence-electron chi connectivity index (χ4n) is 1.29. The molecular weight excluding hydrogens is 289 g/mol. The summed E-state index contributed by atoms with van der Waals surface area (Å²) in [5, 5.41) is 3.21. The predicted molar refractivity (Wildman–Crippen MR) is 69.0 cm³/mol. The number of para-hydroxylation sites is 1. The first kappa shape index (κ1) is 11.4. The number of anilines is 2. The minimum absolute atomic E-state index is 0.464. The third-order valence-electron chi connectivity index (χ3n) is 2.08. The Hall–Kier alpha value is -1.13. The van der Waals surface area contributed by atoms with Gasteiger partial charge >= 0.3 is 0 Å². The third-order valence-corrected chi connectivity index (χ3v) is 2.95. The molecule has 1 aromatic heterocycles. The number of hydrogen-bond acceptors (Lipinski definition) is 3. The van der Waals surface area contributed by atoms with Gasteiger partial charge in [-0.25, -0.2) is 9.97 Å². The molecule has 1 N–H and O–H groups in total. The summed E-state index contributed by atoms with van der Waals surface area (Å²) in [5.41, 5.74) is 1.99. The van der Waals surface area contributed by atoms with Crippen molar-refractivity contribution in [2.75, 3.05) is 5.32 Å². The normalized spacial score (nSPS) is 10.1. The van der Waals surface area contributed by atoms with Crippen molar-refractivity contribution in [3.8, 4) is 0 Å². The van der Waals surface area contributed by atoms with E-state index >= 15 is 0 Å². The average Bonchev–Trinajstić information content (AvgIpc) is 2.33. The number of hydrogen-bond donors (Lipinski definition) is 1. The summed E-state index contributed by atoms with van der Waals surface area (Å²) < 4.78 is 0.819. The van der Waals surface area contributed by atoms with Gasteiger partial charge in [-0.2, -0.15) is 0 Å². The second-order valence-electron chi connectivity index (χ2n) is 3.14. The molecule has 0 aliphatic heterocycles. The maximum Gasteiger partial charge on any atom is 0.148 e. The van der Waals surface area contributed by atoms with Gasteiger partial charge in [0, 0.05) is 17.8 Å². The van der Waals surface area contributed by atoms with E-state index in [2.05, 4.69) is 31.2 Å². The average molecular weight is 299 g/mol. The molecule has 0 spiro atoms. The smallest absolute Gasteiger partial charge is 0.148 e. The van der Waals surface area contributed by atoms with E-state index in [1.54, 1.807) is 6.20 Å². The summed E-state index contributed by atoms with van der Waals surface area (Å²) in [6.07, 6.45) is 3.19. The summed E-state index contributed by atoms with van der Waals surface area (Å²) in [5.74, 6) is 1.19. The number of rotatable bonds is 3. The zero-order valence-electron chi connectivity index (χ0n) is 8.32. The highest BCUT2D eigenvalue weighted by molar-refractivity contribution is 9.10. The maximum absolute atomic E-state index is 5.85. The Morgan fingerprint density at radius 1 is 1.31 bits per heavy atom. The van der Waals surface area contributed by atoms with Crippen molar-refractivity contribution < 1.29 is 0 Å². The first-order valence-corrected chi connectivity index (χ1v) is 6.00. The van der Waals surface area contributed by atoms with E-state index in [1.165, 1.54) is 6.33 Å². The Balaban J connectivity index is 2.30. The van der Waals surface area contributed by atoms with E-state index in [-0.39, 0.29) is 0 Å². The number of alkyl halides is 1. The highest BCUT2D eigenvalue weighted by Crippen LogP contribution is 2.25. The molecule has 0 amide bonds. The minimum atomic E-state index is 0.464. The lowest BCUT2D eigenvalue weighted by atomic mass is 10.2. The molecule has 0 bridgehead atoms. The van der Waals surface area contributed by atoms with Crippen LogP contribution in [0.25, 0.3) is 0 Å². The molecule has 0 saturated carbocycles. The lowest BCUT2D eigenvalue weighted by Gasteiger charge is -2.10. The molecular formula is C11H9BrClN3. The van der Waals surface area contributed by atoms with Gasteiger partial charge < -0.3 is 5.32 Å². The Morgan fingerprint density at radius 2 is 2.12 bits per heavy atom. The standard InChI is InChI=1S/C11H9BrClN3/c12-9-6-14-7-15-11(9)16-10-4-2-1-3-8(10)5-13/h1-4,6-7H,5H2,(H,14,15,16). The quantitative estimate of drug-likeness (QED) is 0.878. The number of nitrogens with zero attached hydrogens (tertiary/aromatic N) is 2. The number of nitrogens with one attached hydrogen (secondary N) is 1. The number of halogens is 2. The van der Waals surface area contributed by atoms with E-state index in [0.717, 1.165) is 21.5 Å². The third kappa shape index (κ3) is 2.51. The molecule has 0 unspecified atom stereocenters. The van der Waals surface area contributed by atoms with Gasteiger partial charge in [0.05, 0.1) is 4.47 Å². The lowest BCUT2D eigenvalue weighted by molar-refractivity contribution is 1.15. The molecule has 2 rings (SSSR count). The van der Waals surface area contributed by atoms with E-state index in [9.17, 15) is 0 Å². The zero-order chi connectivity index (χ0) is 11.4. The summed E-state index contributed by atoms with van der Waals surface area (Å²) in [6, 6.07) is 7.85. The van der Waals surface area contributed by atoms with Gasteiger partial charge in [0.1, 0.15) is 12.1 Å². The molecule has 2 aromatic rings. The Bertz CT molecular complexity index is 490. The van der Waals surface area contributed by atoms with Gasteiger partial charge in [0.25, 0.3) is 0 Å². The van der Waals surface area contributed by atoms with Crippen molar-refractivity contribution in [2.45, 2.75) is 5.88 Å². The van der Waals surface area contributed by atoms with Gasteiger partial charge in [-0.15, -0.1) is 11.6 Å². The van der Waals surface area contributed by atoms with Crippen LogP contribution in [0.3, 0.4) is 0 Å². The van der Waals surface area contributed by atoms with Crippen LogP contribution in [0.15, 0.2) is 41.3 Å². The molecule has 3 nitrogen and oxygen atoms in total. The van der Waals surface area contributed by atoms with Gasteiger partial charge in [0.15, 0.2) is 0 Å². The van der Waals surface area contributed by atoms with Crippen LogP contribution in [-0.2, 0) is 5.88 Å². The van der Waals surface area contributed by atoms with Crippen molar-refractivity contribution in [1.82, 2.24) is 9.97 Å². The van der Waals surface area contributed by atoms with E-state index in [0.29, 0.717) is 5.88 Å². The van der Waals surface area contributed by atoms with Crippen LogP contribution in [0.2, 0.25) is 0 Å². The molecule has 0 atom stereocenters. The van der Waals surface area contributed by atoms with Gasteiger partial charge in [-0.05, 0) is 27.6 Å². The van der Waals surface area contributed by atoms with Crippen molar-refractivity contribution in [2.24, 2.45) is 0 Å². The van der Waals surface area contributed by atoms with Crippen molar-refractivity contribution in [1.29, 1.82) is 0 Å². The highest BCUT2D eigenvalue weighted by atomic mass is 79.9. The van der Waals surface area contributed by atoms with Crippen molar-refractivity contribution >= 4 is 39.0 Å². The highest BCUT2D eigenvalue weighted by Gasteiger charge is 2.04. The molecule has 5 heteroatoms. The van der Waals surface area contributed by atoms with Crippen LogP contribution in [0.4, 0.5) is 11.5 Å². The first-order valence-electron chi connectivity index (χ1n) is 4.67. The second-order valence-corrected chi connectivity index (χ2v) is 4.26. The maximum atomic E-state index is 5.85. The van der Waals surface area contributed by atoms with Crippen LogP contribution in [0.1, 0.15) is 5.56 Å². The summed E-state index contributed by atoms with van der Waals surface area (Å²) in [4.78, 5) is 8.04. The number of benzene rings is 1. The van der Waals surface area contributed by atoms with Crippen molar-refractivity contribution in [3.05, 3.63) is 46.8 Å². The van der Waals surface area contributed by atoms with E-state index < -0.39 is 0 Å². The molecule has 82 valence electrons. The molecule has 0 radical (unpaired) electrons. The largest absolute Gasteiger partial charge is 0.339 e. The molecule has 0 saturated heterocycles. The molecule has 1 aromatic carbocycles. The molecule has 1 heterocycles. The summed E-state index contributed by atoms with van der Waals surface area (Å²) in [6.45, 7) is 0. The monoisotopic (exact) mass is 297 g/mol. The minimum Gasteiger partial charge on any atom is -0.339 e. The fraction of sp³-hybridized carbons (Fsp3) is 0.0909. The van der Waals surface area contributed by atoms with Crippen LogP contribution in [0.5, 0.6) is 0 Å². The van der Waals surface area contributed by atoms with Gasteiger partial charge in [0.2, 0.25) is 0 Å². The lowest BCUT2D eigenvalue weighted by Crippen LogP contribution is -1.97. The molecule has 0 aliphatic rings. The van der Waals surface area contributed by atoms with Gasteiger partial charge in [-0.3, -0.25) is 0 Å².